The van der Waals surface area contributed by atoms with Crippen LogP contribution in [0.25, 0.3) is 0 Å². The molecule has 0 spiro atoms. The normalized spacial score (nSPS) is 21.9. The van der Waals surface area contributed by atoms with Crippen molar-refractivity contribution >= 4 is 29.9 Å². The first kappa shape index (κ1) is 25.4. The molecule has 2 aliphatic heterocycles. The Labute approximate surface area is 199 Å². The minimum Gasteiger partial charge on any atom is -0.379 e. The second-order valence-corrected chi connectivity index (χ2v) is 9.08. The maximum absolute atomic E-state index is 5.47. The highest BCUT2D eigenvalue weighted by Crippen LogP contribution is 2.19. The molecule has 2 atom stereocenters. The quantitative estimate of drug-likeness (QED) is 0.323. The summed E-state index contributed by atoms with van der Waals surface area (Å²) in [6.07, 6.45) is 1.24. The monoisotopic (exact) mass is 529 g/mol. The summed E-state index contributed by atoms with van der Waals surface area (Å²) in [7, 11) is 1.89. The highest BCUT2D eigenvalue weighted by molar-refractivity contribution is 14.0. The molecule has 2 fully saturated rings. The molecule has 1 aromatic carbocycles. The molecule has 0 aromatic heterocycles. The molecular weight excluding hydrogens is 489 g/mol. The Balaban J connectivity index is 0.00000320. The van der Waals surface area contributed by atoms with Gasteiger partial charge in [0.15, 0.2) is 5.96 Å². The Bertz CT molecular complexity index is 648. The molecule has 3 rings (SSSR count). The predicted molar refractivity (Wildman–Crippen MR) is 136 cm³/mol. The molecule has 1 aromatic rings. The number of nitrogens with zero attached hydrogens (tertiary/aromatic N) is 3. The number of benzene rings is 1. The third-order valence-corrected chi connectivity index (χ3v) is 6.01. The number of aliphatic imine (C=N–C) groups is 1. The van der Waals surface area contributed by atoms with Crippen LogP contribution < -0.4 is 10.6 Å². The molecule has 0 saturated carbocycles. The SMILES string of the molecule is CN=C(NCC(C)(C)NC(C)c1ccccc1)N1CCC(CN2CCOCC2)C1.I. The number of hydrogen-bond acceptors (Lipinski definition) is 4. The lowest BCUT2D eigenvalue weighted by molar-refractivity contribution is 0.0315. The van der Waals surface area contributed by atoms with Gasteiger partial charge < -0.3 is 20.3 Å². The van der Waals surface area contributed by atoms with Crippen LogP contribution in [0, 0.1) is 5.92 Å². The number of ether oxygens (including phenoxy) is 1. The summed E-state index contributed by atoms with van der Waals surface area (Å²) < 4.78 is 5.47. The first-order valence-electron chi connectivity index (χ1n) is 11.1. The predicted octanol–water partition coefficient (Wildman–Crippen LogP) is 2.96. The van der Waals surface area contributed by atoms with Crippen molar-refractivity contribution in [3.63, 3.8) is 0 Å². The molecule has 0 bridgehead atoms. The topological polar surface area (TPSA) is 52.1 Å². The summed E-state index contributed by atoms with van der Waals surface area (Å²) >= 11 is 0. The summed E-state index contributed by atoms with van der Waals surface area (Å²) in [5, 5.41) is 7.36. The fourth-order valence-corrected chi connectivity index (χ4v) is 4.42. The molecule has 2 saturated heterocycles. The van der Waals surface area contributed by atoms with Crippen LogP contribution in [0.2, 0.25) is 0 Å². The van der Waals surface area contributed by atoms with Gasteiger partial charge in [-0.3, -0.25) is 9.89 Å². The minimum absolute atomic E-state index is 0. The molecule has 2 unspecified atom stereocenters. The highest BCUT2D eigenvalue weighted by Gasteiger charge is 2.28. The van der Waals surface area contributed by atoms with Crippen LogP contribution in [0.4, 0.5) is 0 Å². The fourth-order valence-electron chi connectivity index (χ4n) is 4.42. The van der Waals surface area contributed by atoms with E-state index in [1.165, 1.54) is 18.5 Å². The zero-order valence-corrected chi connectivity index (χ0v) is 21.4. The van der Waals surface area contributed by atoms with Gasteiger partial charge in [0.25, 0.3) is 0 Å². The van der Waals surface area contributed by atoms with E-state index in [-0.39, 0.29) is 29.5 Å². The van der Waals surface area contributed by atoms with Crippen molar-refractivity contribution < 1.29 is 4.74 Å². The molecule has 7 heteroatoms. The summed E-state index contributed by atoms with van der Waals surface area (Å²) in [5.74, 6) is 1.74. The van der Waals surface area contributed by atoms with E-state index >= 15 is 0 Å². The zero-order valence-electron chi connectivity index (χ0n) is 19.1. The van der Waals surface area contributed by atoms with E-state index in [9.17, 15) is 0 Å². The lowest BCUT2D eigenvalue weighted by atomic mass is 10.0. The van der Waals surface area contributed by atoms with Gasteiger partial charge in [-0.15, -0.1) is 24.0 Å². The Morgan fingerprint density at radius 2 is 1.90 bits per heavy atom. The lowest BCUT2D eigenvalue weighted by Gasteiger charge is -2.33. The van der Waals surface area contributed by atoms with Gasteiger partial charge >= 0.3 is 0 Å². The van der Waals surface area contributed by atoms with E-state index in [2.05, 4.69) is 76.5 Å². The van der Waals surface area contributed by atoms with Crippen LogP contribution in [-0.2, 0) is 4.74 Å². The van der Waals surface area contributed by atoms with Gasteiger partial charge in [0.2, 0.25) is 0 Å². The molecule has 2 N–H and O–H groups in total. The van der Waals surface area contributed by atoms with Crippen LogP contribution in [0.1, 0.15) is 38.8 Å². The number of hydrogen-bond donors (Lipinski definition) is 2. The van der Waals surface area contributed by atoms with Crippen molar-refractivity contribution in [2.45, 2.75) is 38.8 Å². The molecule has 170 valence electrons. The molecular formula is C23H40IN5O. The molecule has 2 aliphatic rings. The number of halogens is 1. The zero-order chi connectivity index (χ0) is 20.7. The van der Waals surface area contributed by atoms with E-state index < -0.39 is 0 Å². The Hall–Kier alpha value is -0.900. The van der Waals surface area contributed by atoms with Gasteiger partial charge in [-0.2, -0.15) is 0 Å². The van der Waals surface area contributed by atoms with Crippen LogP contribution in [0.5, 0.6) is 0 Å². The maximum atomic E-state index is 5.47. The van der Waals surface area contributed by atoms with E-state index in [1.54, 1.807) is 0 Å². The molecule has 6 nitrogen and oxygen atoms in total. The van der Waals surface area contributed by atoms with Gasteiger partial charge in [-0.25, -0.2) is 0 Å². The van der Waals surface area contributed by atoms with Gasteiger partial charge in [-0.05, 0) is 38.7 Å². The van der Waals surface area contributed by atoms with E-state index in [4.69, 9.17) is 4.74 Å². The Morgan fingerprint density at radius 1 is 1.20 bits per heavy atom. The number of morpholine rings is 1. The third kappa shape index (κ3) is 7.66. The molecule has 30 heavy (non-hydrogen) atoms. The summed E-state index contributed by atoms with van der Waals surface area (Å²) in [5.41, 5.74) is 1.27. The van der Waals surface area contributed by atoms with E-state index in [0.717, 1.165) is 57.8 Å². The van der Waals surface area contributed by atoms with Gasteiger partial charge in [0.05, 0.1) is 13.2 Å². The number of likely N-dealkylation sites (tertiary alicyclic amines) is 1. The van der Waals surface area contributed by atoms with E-state index in [1.807, 2.05) is 7.05 Å². The lowest BCUT2D eigenvalue weighted by Crippen LogP contribution is -2.52. The van der Waals surface area contributed by atoms with Crippen LogP contribution >= 0.6 is 24.0 Å². The summed E-state index contributed by atoms with van der Waals surface area (Å²) in [6, 6.07) is 10.9. The summed E-state index contributed by atoms with van der Waals surface area (Å²) in [4.78, 5) is 9.53. The van der Waals surface area contributed by atoms with Crippen molar-refractivity contribution in [2.24, 2.45) is 10.9 Å². The van der Waals surface area contributed by atoms with Gasteiger partial charge in [0, 0.05) is 57.9 Å². The van der Waals surface area contributed by atoms with Crippen LogP contribution in [-0.4, -0.2) is 80.8 Å². The first-order chi connectivity index (χ1) is 14.0. The van der Waals surface area contributed by atoms with Crippen molar-refractivity contribution in [1.29, 1.82) is 0 Å². The van der Waals surface area contributed by atoms with Gasteiger partial charge in [0.1, 0.15) is 0 Å². The molecule has 2 heterocycles. The standard InChI is InChI=1S/C23H39N5O.HI/c1-19(21-8-6-5-7-9-21)26-23(2,3)18-25-22(24-4)28-11-10-20(17-28)16-27-12-14-29-15-13-27;/h5-9,19-20,26H,10-18H2,1-4H3,(H,24,25);1H. The maximum Gasteiger partial charge on any atom is 0.193 e. The van der Waals surface area contributed by atoms with Crippen LogP contribution in [0.15, 0.2) is 35.3 Å². The molecule has 0 amide bonds. The van der Waals surface area contributed by atoms with Gasteiger partial charge in [-0.1, -0.05) is 30.3 Å². The minimum atomic E-state index is -0.0435. The Kier molecular flexibility index (Phi) is 10.3. The number of rotatable bonds is 7. The van der Waals surface area contributed by atoms with Crippen molar-refractivity contribution in [3.05, 3.63) is 35.9 Å². The molecule has 0 radical (unpaired) electrons. The van der Waals surface area contributed by atoms with Crippen molar-refractivity contribution in [1.82, 2.24) is 20.4 Å². The van der Waals surface area contributed by atoms with Crippen molar-refractivity contribution in [2.75, 3.05) is 59.5 Å². The van der Waals surface area contributed by atoms with E-state index in [0.29, 0.717) is 6.04 Å². The number of nitrogens with one attached hydrogen (secondary N) is 2. The summed E-state index contributed by atoms with van der Waals surface area (Å²) in [6.45, 7) is 14.8. The highest BCUT2D eigenvalue weighted by atomic mass is 127. The third-order valence-electron chi connectivity index (χ3n) is 6.01. The van der Waals surface area contributed by atoms with Crippen molar-refractivity contribution in [3.8, 4) is 0 Å². The largest absolute Gasteiger partial charge is 0.379 e. The first-order valence-corrected chi connectivity index (χ1v) is 11.1. The average molecular weight is 530 g/mol. The second-order valence-electron chi connectivity index (χ2n) is 9.08. The average Bonchev–Trinajstić information content (AvgIpc) is 3.17. The smallest absolute Gasteiger partial charge is 0.193 e. The number of guanidine groups is 1. The molecule has 0 aliphatic carbocycles. The second kappa shape index (κ2) is 12.2. The Morgan fingerprint density at radius 3 is 2.57 bits per heavy atom. The fraction of sp³-hybridized carbons (Fsp3) is 0.696. The van der Waals surface area contributed by atoms with Crippen LogP contribution in [0.3, 0.4) is 0 Å².